The van der Waals surface area contributed by atoms with Crippen molar-refractivity contribution >= 4 is 11.7 Å². The summed E-state index contributed by atoms with van der Waals surface area (Å²) in [6.07, 6.45) is 1.38. The average molecular weight is 218 g/mol. The Morgan fingerprint density at radius 3 is 3.06 bits per heavy atom. The SMILES string of the molecule is Cc1cccc(NC(=O)Cn2cnnn2)n1. The van der Waals surface area contributed by atoms with Gasteiger partial charge in [-0.1, -0.05) is 6.07 Å². The van der Waals surface area contributed by atoms with Crippen LogP contribution in [0, 0.1) is 6.92 Å². The predicted octanol–water partition coefficient (Wildman–Crippen LogP) is 0.0152. The van der Waals surface area contributed by atoms with Crippen LogP contribution in [0.2, 0.25) is 0 Å². The lowest BCUT2D eigenvalue weighted by Crippen LogP contribution is -2.19. The van der Waals surface area contributed by atoms with Gasteiger partial charge in [-0.25, -0.2) is 9.67 Å². The number of amides is 1. The first kappa shape index (κ1) is 10.2. The van der Waals surface area contributed by atoms with E-state index in [9.17, 15) is 4.79 Å². The molecule has 0 saturated carbocycles. The molecular weight excluding hydrogens is 208 g/mol. The Hall–Kier alpha value is -2.31. The summed E-state index contributed by atoms with van der Waals surface area (Å²) in [5.74, 6) is 0.309. The summed E-state index contributed by atoms with van der Waals surface area (Å²) in [5.41, 5.74) is 0.847. The molecule has 0 aliphatic carbocycles. The van der Waals surface area contributed by atoms with E-state index in [-0.39, 0.29) is 12.5 Å². The van der Waals surface area contributed by atoms with Crippen LogP contribution < -0.4 is 5.32 Å². The molecule has 82 valence electrons. The Labute approximate surface area is 91.5 Å². The first-order valence-corrected chi connectivity index (χ1v) is 4.68. The van der Waals surface area contributed by atoms with Crippen molar-refractivity contribution in [3.63, 3.8) is 0 Å². The highest BCUT2D eigenvalue weighted by Gasteiger charge is 2.04. The van der Waals surface area contributed by atoms with Crippen molar-refractivity contribution in [2.45, 2.75) is 13.5 Å². The van der Waals surface area contributed by atoms with Gasteiger partial charge in [-0.05, 0) is 29.5 Å². The van der Waals surface area contributed by atoms with Crippen LogP contribution in [0.1, 0.15) is 5.69 Å². The Kier molecular flexibility index (Phi) is 2.86. The normalized spacial score (nSPS) is 10.1. The Morgan fingerprint density at radius 1 is 1.50 bits per heavy atom. The molecule has 1 N–H and O–H groups in total. The van der Waals surface area contributed by atoms with Crippen LogP contribution in [-0.2, 0) is 11.3 Å². The minimum atomic E-state index is -0.217. The van der Waals surface area contributed by atoms with Gasteiger partial charge in [0.1, 0.15) is 18.7 Å². The number of hydrogen-bond acceptors (Lipinski definition) is 5. The molecule has 0 fully saturated rings. The summed E-state index contributed by atoms with van der Waals surface area (Å²) in [4.78, 5) is 15.7. The van der Waals surface area contributed by atoms with Gasteiger partial charge in [0.05, 0.1) is 0 Å². The van der Waals surface area contributed by atoms with Crippen LogP contribution in [0.4, 0.5) is 5.82 Å². The molecule has 1 amide bonds. The van der Waals surface area contributed by atoms with E-state index in [2.05, 4.69) is 25.8 Å². The van der Waals surface area contributed by atoms with E-state index in [1.54, 1.807) is 6.07 Å². The number of pyridine rings is 1. The predicted molar refractivity (Wildman–Crippen MR) is 55.4 cm³/mol. The maximum atomic E-state index is 11.5. The Morgan fingerprint density at radius 2 is 2.38 bits per heavy atom. The van der Waals surface area contributed by atoms with Crippen molar-refractivity contribution in [2.24, 2.45) is 0 Å². The van der Waals surface area contributed by atoms with Gasteiger partial charge in [0.25, 0.3) is 0 Å². The minimum absolute atomic E-state index is 0.0720. The molecular formula is C9H10N6O. The van der Waals surface area contributed by atoms with E-state index in [4.69, 9.17) is 0 Å². The molecule has 0 saturated heterocycles. The molecule has 0 atom stereocenters. The standard InChI is InChI=1S/C9H10N6O/c1-7-3-2-4-8(11-7)12-9(16)5-15-6-10-13-14-15/h2-4,6H,5H2,1H3,(H,11,12,16). The van der Waals surface area contributed by atoms with Crippen molar-refractivity contribution in [3.8, 4) is 0 Å². The highest BCUT2D eigenvalue weighted by molar-refractivity contribution is 5.89. The summed E-state index contributed by atoms with van der Waals surface area (Å²) in [6.45, 7) is 1.93. The van der Waals surface area contributed by atoms with Crippen molar-refractivity contribution in [1.29, 1.82) is 0 Å². The number of rotatable bonds is 3. The number of nitrogens with zero attached hydrogens (tertiary/aromatic N) is 5. The molecule has 0 aliphatic rings. The first-order valence-electron chi connectivity index (χ1n) is 4.68. The fourth-order valence-corrected chi connectivity index (χ4v) is 1.19. The molecule has 0 unspecified atom stereocenters. The number of carbonyl (C=O) groups excluding carboxylic acids is 1. The number of anilines is 1. The van der Waals surface area contributed by atoms with E-state index in [1.165, 1.54) is 11.0 Å². The molecule has 2 heterocycles. The maximum absolute atomic E-state index is 11.5. The molecule has 0 aliphatic heterocycles. The van der Waals surface area contributed by atoms with Gasteiger partial charge < -0.3 is 5.32 Å². The Balaban J connectivity index is 1.97. The van der Waals surface area contributed by atoms with Crippen molar-refractivity contribution < 1.29 is 4.79 Å². The number of aromatic nitrogens is 5. The van der Waals surface area contributed by atoms with Crippen LogP contribution in [0.5, 0.6) is 0 Å². The van der Waals surface area contributed by atoms with Gasteiger partial charge >= 0.3 is 0 Å². The molecule has 0 radical (unpaired) electrons. The number of tetrazole rings is 1. The first-order chi connectivity index (χ1) is 7.74. The molecule has 2 rings (SSSR count). The topological polar surface area (TPSA) is 85.6 Å². The lowest BCUT2D eigenvalue weighted by atomic mass is 10.4. The van der Waals surface area contributed by atoms with Crippen molar-refractivity contribution in [3.05, 3.63) is 30.2 Å². The van der Waals surface area contributed by atoms with Gasteiger partial charge in [-0.2, -0.15) is 0 Å². The van der Waals surface area contributed by atoms with E-state index < -0.39 is 0 Å². The van der Waals surface area contributed by atoms with E-state index >= 15 is 0 Å². The zero-order valence-electron chi connectivity index (χ0n) is 8.66. The molecule has 7 heteroatoms. The van der Waals surface area contributed by atoms with Crippen LogP contribution >= 0.6 is 0 Å². The highest BCUT2D eigenvalue weighted by atomic mass is 16.2. The molecule has 2 aromatic rings. The third kappa shape index (κ3) is 2.59. The largest absolute Gasteiger partial charge is 0.309 e. The van der Waals surface area contributed by atoms with E-state index in [0.717, 1.165) is 5.69 Å². The highest BCUT2D eigenvalue weighted by Crippen LogP contribution is 2.03. The Bertz CT molecular complexity index is 481. The van der Waals surface area contributed by atoms with Crippen LogP contribution in [0.25, 0.3) is 0 Å². The van der Waals surface area contributed by atoms with Crippen molar-refractivity contribution in [2.75, 3.05) is 5.32 Å². The van der Waals surface area contributed by atoms with Gasteiger partial charge in [-0.15, -0.1) is 5.10 Å². The summed E-state index contributed by atoms with van der Waals surface area (Å²) >= 11 is 0. The number of aryl methyl sites for hydroxylation is 1. The minimum Gasteiger partial charge on any atom is -0.309 e. The van der Waals surface area contributed by atoms with Gasteiger partial charge in [-0.3, -0.25) is 4.79 Å². The second-order valence-electron chi connectivity index (χ2n) is 3.22. The third-order valence-electron chi connectivity index (χ3n) is 1.85. The van der Waals surface area contributed by atoms with Crippen LogP contribution in [0.3, 0.4) is 0 Å². The van der Waals surface area contributed by atoms with E-state index in [0.29, 0.717) is 5.82 Å². The third-order valence-corrected chi connectivity index (χ3v) is 1.85. The van der Waals surface area contributed by atoms with Gasteiger partial charge in [0.2, 0.25) is 5.91 Å². The zero-order chi connectivity index (χ0) is 11.4. The zero-order valence-corrected chi connectivity index (χ0v) is 8.66. The monoisotopic (exact) mass is 218 g/mol. The lowest BCUT2D eigenvalue weighted by Gasteiger charge is -2.03. The molecule has 0 bridgehead atoms. The average Bonchev–Trinajstić information content (AvgIpc) is 2.70. The second kappa shape index (κ2) is 4.47. The van der Waals surface area contributed by atoms with Crippen LogP contribution in [-0.4, -0.2) is 31.1 Å². The molecule has 2 aromatic heterocycles. The molecule has 16 heavy (non-hydrogen) atoms. The maximum Gasteiger partial charge on any atom is 0.247 e. The number of carbonyl (C=O) groups is 1. The smallest absolute Gasteiger partial charge is 0.247 e. The summed E-state index contributed by atoms with van der Waals surface area (Å²) < 4.78 is 1.34. The quantitative estimate of drug-likeness (QED) is 0.784. The van der Waals surface area contributed by atoms with Gasteiger partial charge in [0.15, 0.2) is 0 Å². The van der Waals surface area contributed by atoms with Crippen LogP contribution in [0.15, 0.2) is 24.5 Å². The summed E-state index contributed by atoms with van der Waals surface area (Å²) in [7, 11) is 0. The fourth-order valence-electron chi connectivity index (χ4n) is 1.19. The lowest BCUT2D eigenvalue weighted by molar-refractivity contribution is -0.116. The molecule has 0 spiro atoms. The van der Waals surface area contributed by atoms with Gasteiger partial charge in [0, 0.05) is 5.69 Å². The molecule has 7 nitrogen and oxygen atoms in total. The number of hydrogen-bond donors (Lipinski definition) is 1. The second-order valence-corrected chi connectivity index (χ2v) is 3.22. The number of nitrogens with one attached hydrogen (secondary N) is 1. The summed E-state index contributed by atoms with van der Waals surface area (Å²) in [6, 6.07) is 5.41. The summed E-state index contributed by atoms with van der Waals surface area (Å²) in [5, 5.41) is 13.1. The van der Waals surface area contributed by atoms with E-state index in [1.807, 2.05) is 19.1 Å². The molecule has 0 aromatic carbocycles. The fraction of sp³-hybridized carbons (Fsp3) is 0.222. The van der Waals surface area contributed by atoms with Crippen molar-refractivity contribution in [1.82, 2.24) is 25.2 Å².